The second-order valence-corrected chi connectivity index (χ2v) is 8.12. The monoisotopic (exact) mass is 324 g/mol. The van der Waals surface area contributed by atoms with E-state index in [4.69, 9.17) is 0 Å². The summed E-state index contributed by atoms with van der Waals surface area (Å²) in [4.78, 5) is 12.3. The SMILES string of the molecule is CCS(=O)(=O)N1CCC(NC(=O)c2ccc(C)cc2C)CC1. The second-order valence-electron chi connectivity index (χ2n) is 5.87. The molecule has 2 rings (SSSR count). The Morgan fingerprint density at radius 3 is 2.45 bits per heavy atom. The van der Waals surface area contributed by atoms with Crippen LogP contribution in [0.25, 0.3) is 0 Å². The number of amides is 1. The van der Waals surface area contributed by atoms with Crippen LogP contribution in [0.15, 0.2) is 18.2 Å². The number of nitrogens with one attached hydrogen (secondary N) is 1. The maximum Gasteiger partial charge on any atom is 0.251 e. The van der Waals surface area contributed by atoms with Crippen LogP contribution < -0.4 is 5.32 Å². The maximum atomic E-state index is 12.3. The lowest BCUT2D eigenvalue weighted by Gasteiger charge is -2.31. The number of benzene rings is 1. The predicted octanol–water partition coefficient (Wildman–Crippen LogP) is 1.85. The summed E-state index contributed by atoms with van der Waals surface area (Å²) in [6.07, 6.45) is 1.33. The van der Waals surface area contributed by atoms with Crippen molar-refractivity contribution >= 4 is 15.9 Å². The van der Waals surface area contributed by atoms with Crippen LogP contribution in [0.1, 0.15) is 41.3 Å². The van der Waals surface area contributed by atoms with Crippen molar-refractivity contribution in [3.63, 3.8) is 0 Å². The first-order valence-corrected chi connectivity index (χ1v) is 9.30. The molecule has 0 saturated carbocycles. The molecule has 22 heavy (non-hydrogen) atoms. The summed E-state index contributed by atoms with van der Waals surface area (Å²) in [5, 5.41) is 3.03. The van der Waals surface area contributed by atoms with Crippen molar-refractivity contribution in [2.24, 2.45) is 0 Å². The third-order valence-electron chi connectivity index (χ3n) is 4.17. The van der Waals surface area contributed by atoms with Gasteiger partial charge in [-0.3, -0.25) is 4.79 Å². The lowest BCUT2D eigenvalue weighted by molar-refractivity contribution is 0.0923. The molecule has 122 valence electrons. The largest absolute Gasteiger partial charge is 0.349 e. The summed E-state index contributed by atoms with van der Waals surface area (Å²) in [6.45, 7) is 6.54. The molecule has 1 N–H and O–H groups in total. The van der Waals surface area contributed by atoms with Crippen LogP contribution in [0.3, 0.4) is 0 Å². The maximum absolute atomic E-state index is 12.3. The zero-order valence-corrected chi connectivity index (χ0v) is 14.2. The van der Waals surface area contributed by atoms with E-state index in [0.29, 0.717) is 31.5 Å². The van der Waals surface area contributed by atoms with Crippen LogP contribution in [0, 0.1) is 13.8 Å². The number of nitrogens with zero attached hydrogens (tertiary/aromatic N) is 1. The highest BCUT2D eigenvalue weighted by Crippen LogP contribution is 2.16. The topological polar surface area (TPSA) is 66.5 Å². The van der Waals surface area contributed by atoms with Crippen molar-refractivity contribution < 1.29 is 13.2 Å². The van der Waals surface area contributed by atoms with Gasteiger partial charge < -0.3 is 5.32 Å². The zero-order valence-electron chi connectivity index (χ0n) is 13.4. The molecule has 1 saturated heterocycles. The Morgan fingerprint density at radius 1 is 1.27 bits per heavy atom. The van der Waals surface area contributed by atoms with E-state index >= 15 is 0 Å². The fourth-order valence-corrected chi connectivity index (χ4v) is 3.92. The molecule has 0 aromatic heterocycles. The summed E-state index contributed by atoms with van der Waals surface area (Å²) in [5.41, 5.74) is 2.78. The summed E-state index contributed by atoms with van der Waals surface area (Å²) in [7, 11) is -3.12. The molecule has 6 heteroatoms. The average molecular weight is 324 g/mol. The summed E-state index contributed by atoms with van der Waals surface area (Å²) >= 11 is 0. The van der Waals surface area contributed by atoms with Crippen LogP contribution in [0.5, 0.6) is 0 Å². The molecule has 1 heterocycles. The molecule has 0 aliphatic carbocycles. The number of rotatable bonds is 4. The first-order valence-electron chi connectivity index (χ1n) is 7.69. The Hall–Kier alpha value is -1.40. The molecule has 0 spiro atoms. The molecule has 1 aliphatic rings. The number of sulfonamides is 1. The van der Waals surface area contributed by atoms with E-state index in [1.165, 1.54) is 4.31 Å². The summed E-state index contributed by atoms with van der Waals surface area (Å²) in [5.74, 6) is 0.0568. The molecule has 1 aromatic rings. The van der Waals surface area contributed by atoms with Gasteiger partial charge in [-0.1, -0.05) is 17.7 Å². The van der Waals surface area contributed by atoms with Gasteiger partial charge in [-0.05, 0) is 45.2 Å². The van der Waals surface area contributed by atoms with Crippen LogP contribution in [0.2, 0.25) is 0 Å². The number of aryl methyl sites for hydroxylation is 2. The Bertz CT molecular complexity index is 647. The van der Waals surface area contributed by atoms with Crippen molar-refractivity contribution in [3.8, 4) is 0 Å². The standard InChI is InChI=1S/C16H24N2O3S/c1-4-22(20,21)18-9-7-14(8-10-18)17-16(19)15-6-5-12(2)11-13(15)3/h5-6,11,14H,4,7-10H2,1-3H3,(H,17,19). The molecule has 1 fully saturated rings. The van der Waals surface area contributed by atoms with Crippen molar-refractivity contribution in [1.29, 1.82) is 0 Å². The molecule has 5 nitrogen and oxygen atoms in total. The number of piperidine rings is 1. The fraction of sp³-hybridized carbons (Fsp3) is 0.562. The van der Waals surface area contributed by atoms with Gasteiger partial charge in [-0.2, -0.15) is 0 Å². The molecule has 1 aromatic carbocycles. The van der Waals surface area contributed by atoms with Gasteiger partial charge in [0.25, 0.3) is 5.91 Å². The van der Waals surface area contributed by atoms with Crippen molar-refractivity contribution in [2.75, 3.05) is 18.8 Å². The predicted molar refractivity (Wildman–Crippen MR) is 87.4 cm³/mol. The normalized spacial score (nSPS) is 17.4. The Labute approximate surface area is 132 Å². The van der Waals surface area contributed by atoms with Gasteiger partial charge in [0.1, 0.15) is 0 Å². The van der Waals surface area contributed by atoms with Crippen LogP contribution in [0.4, 0.5) is 0 Å². The fourth-order valence-electron chi connectivity index (χ4n) is 2.79. The van der Waals surface area contributed by atoms with E-state index < -0.39 is 10.0 Å². The minimum absolute atomic E-state index is 0.0384. The summed E-state index contributed by atoms with van der Waals surface area (Å²) < 4.78 is 25.2. The van der Waals surface area contributed by atoms with Gasteiger partial charge >= 0.3 is 0 Å². The van der Waals surface area contributed by atoms with E-state index in [-0.39, 0.29) is 17.7 Å². The number of carbonyl (C=O) groups is 1. The minimum atomic E-state index is -3.12. The number of hydrogen-bond donors (Lipinski definition) is 1. The van der Waals surface area contributed by atoms with Gasteiger partial charge in [0.15, 0.2) is 0 Å². The average Bonchev–Trinajstić information content (AvgIpc) is 2.47. The van der Waals surface area contributed by atoms with E-state index in [1.54, 1.807) is 6.92 Å². The highest BCUT2D eigenvalue weighted by Gasteiger charge is 2.27. The minimum Gasteiger partial charge on any atom is -0.349 e. The van der Waals surface area contributed by atoms with Gasteiger partial charge in [0, 0.05) is 24.7 Å². The molecule has 0 radical (unpaired) electrons. The van der Waals surface area contributed by atoms with Crippen LogP contribution in [-0.2, 0) is 10.0 Å². The molecular weight excluding hydrogens is 300 g/mol. The second kappa shape index (κ2) is 6.79. The molecular formula is C16H24N2O3S. The van der Waals surface area contributed by atoms with Gasteiger partial charge in [0.05, 0.1) is 5.75 Å². The Kier molecular flexibility index (Phi) is 5.24. The lowest BCUT2D eigenvalue weighted by atomic mass is 10.0. The highest BCUT2D eigenvalue weighted by atomic mass is 32.2. The van der Waals surface area contributed by atoms with Gasteiger partial charge in [0.2, 0.25) is 10.0 Å². The Balaban J connectivity index is 1.95. The first-order chi connectivity index (χ1) is 10.3. The third kappa shape index (κ3) is 3.87. The summed E-state index contributed by atoms with van der Waals surface area (Å²) in [6, 6.07) is 5.80. The Morgan fingerprint density at radius 2 is 1.91 bits per heavy atom. The molecule has 0 atom stereocenters. The highest BCUT2D eigenvalue weighted by molar-refractivity contribution is 7.89. The molecule has 0 bridgehead atoms. The van der Waals surface area contributed by atoms with Gasteiger partial charge in [-0.15, -0.1) is 0 Å². The first kappa shape index (κ1) is 17.0. The lowest BCUT2D eigenvalue weighted by Crippen LogP contribution is -2.46. The molecule has 1 amide bonds. The van der Waals surface area contributed by atoms with E-state index in [1.807, 2.05) is 32.0 Å². The van der Waals surface area contributed by atoms with E-state index in [0.717, 1.165) is 11.1 Å². The van der Waals surface area contributed by atoms with Crippen LogP contribution in [-0.4, -0.2) is 43.5 Å². The molecule has 0 unspecified atom stereocenters. The van der Waals surface area contributed by atoms with Crippen molar-refractivity contribution in [1.82, 2.24) is 9.62 Å². The zero-order chi connectivity index (χ0) is 16.3. The number of carbonyl (C=O) groups excluding carboxylic acids is 1. The van der Waals surface area contributed by atoms with Crippen molar-refractivity contribution in [3.05, 3.63) is 34.9 Å². The van der Waals surface area contributed by atoms with E-state index in [2.05, 4.69) is 5.32 Å². The van der Waals surface area contributed by atoms with Gasteiger partial charge in [-0.25, -0.2) is 12.7 Å². The van der Waals surface area contributed by atoms with Crippen molar-refractivity contribution in [2.45, 2.75) is 39.7 Å². The number of hydrogen-bond acceptors (Lipinski definition) is 3. The van der Waals surface area contributed by atoms with E-state index in [9.17, 15) is 13.2 Å². The quantitative estimate of drug-likeness (QED) is 0.919. The third-order valence-corrected chi connectivity index (χ3v) is 6.06. The van der Waals surface area contributed by atoms with Crippen LogP contribution >= 0.6 is 0 Å². The molecule has 1 aliphatic heterocycles. The smallest absolute Gasteiger partial charge is 0.251 e.